The molecule has 0 spiro atoms. The number of rotatable bonds is 2. The van der Waals surface area contributed by atoms with Crippen LogP contribution in [-0.4, -0.2) is 47.9 Å². The molecule has 3 nitrogen and oxygen atoms in total. The van der Waals surface area contributed by atoms with Gasteiger partial charge in [-0.15, -0.1) is 0 Å². The molecular formula is C13H26N2O. The standard InChI is InChI=1S/C13H26N2O/c1-11-6-12(2)8-15(7-11)14-5-3-4-13(9-14)10-16/h11-13,16H,3-10H2,1-2H3. The summed E-state index contributed by atoms with van der Waals surface area (Å²) in [5, 5.41) is 14.3. The predicted molar refractivity (Wildman–Crippen MR) is 65.9 cm³/mol. The number of hydrazine groups is 1. The fourth-order valence-corrected chi connectivity index (χ4v) is 3.31. The van der Waals surface area contributed by atoms with E-state index in [-0.39, 0.29) is 0 Å². The van der Waals surface area contributed by atoms with Gasteiger partial charge < -0.3 is 5.11 Å². The van der Waals surface area contributed by atoms with Crippen LogP contribution in [0.5, 0.6) is 0 Å². The monoisotopic (exact) mass is 226 g/mol. The second-order valence-corrected chi connectivity index (χ2v) is 5.92. The van der Waals surface area contributed by atoms with Crippen LogP contribution in [0.2, 0.25) is 0 Å². The number of hydrogen-bond donors (Lipinski definition) is 1. The average Bonchev–Trinajstić information content (AvgIpc) is 2.28. The van der Waals surface area contributed by atoms with Gasteiger partial charge in [0.05, 0.1) is 0 Å². The molecule has 3 atom stereocenters. The Balaban J connectivity index is 1.90. The van der Waals surface area contributed by atoms with Crippen molar-refractivity contribution in [2.75, 3.05) is 32.8 Å². The van der Waals surface area contributed by atoms with Crippen molar-refractivity contribution in [3.63, 3.8) is 0 Å². The molecule has 0 aromatic heterocycles. The van der Waals surface area contributed by atoms with E-state index in [9.17, 15) is 5.11 Å². The van der Waals surface area contributed by atoms with Crippen LogP contribution in [0.4, 0.5) is 0 Å². The SMILES string of the molecule is CC1CC(C)CN(N2CCCC(CO)C2)C1. The maximum absolute atomic E-state index is 9.27. The fourth-order valence-electron chi connectivity index (χ4n) is 3.31. The van der Waals surface area contributed by atoms with E-state index in [0.29, 0.717) is 12.5 Å². The van der Waals surface area contributed by atoms with Gasteiger partial charge in [0.1, 0.15) is 0 Å². The van der Waals surface area contributed by atoms with Crippen molar-refractivity contribution < 1.29 is 5.11 Å². The van der Waals surface area contributed by atoms with Gasteiger partial charge in [-0.1, -0.05) is 13.8 Å². The quantitative estimate of drug-likeness (QED) is 0.774. The molecule has 94 valence electrons. The minimum atomic E-state index is 0.357. The molecule has 2 rings (SSSR count). The number of aliphatic hydroxyl groups excluding tert-OH is 1. The highest BCUT2D eigenvalue weighted by atomic mass is 16.3. The van der Waals surface area contributed by atoms with E-state index in [1.807, 2.05) is 0 Å². The van der Waals surface area contributed by atoms with Gasteiger partial charge >= 0.3 is 0 Å². The molecule has 0 aromatic carbocycles. The maximum Gasteiger partial charge on any atom is 0.0472 e. The van der Waals surface area contributed by atoms with E-state index >= 15 is 0 Å². The largest absolute Gasteiger partial charge is 0.396 e. The molecular weight excluding hydrogens is 200 g/mol. The highest BCUT2D eigenvalue weighted by Crippen LogP contribution is 2.25. The molecule has 0 aliphatic carbocycles. The molecule has 3 unspecified atom stereocenters. The summed E-state index contributed by atoms with van der Waals surface area (Å²) in [5.74, 6) is 2.14. The number of hydrogen-bond acceptors (Lipinski definition) is 3. The number of piperidine rings is 2. The lowest BCUT2D eigenvalue weighted by Gasteiger charge is -2.45. The highest BCUT2D eigenvalue weighted by Gasteiger charge is 2.29. The van der Waals surface area contributed by atoms with Gasteiger partial charge in [-0.25, -0.2) is 10.0 Å². The Hall–Kier alpha value is -0.120. The summed E-state index contributed by atoms with van der Waals surface area (Å²) in [6, 6.07) is 0. The van der Waals surface area contributed by atoms with Crippen LogP contribution in [-0.2, 0) is 0 Å². The first-order valence-corrected chi connectivity index (χ1v) is 6.79. The van der Waals surface area contributed by atoms with Crippen LogP contribution < -0.4 is 0 Å². The van der Waals surface area contributed by atoms with Gasteiger partial charge in [0, 0.05) is 32.8 Å². The van der Waals surface area contributed by atoms with Gasteiger partial charge in [0.25, 0.3) is 0 Å². The summed E-state index contributed by atoms with van der Waals surface area (Å²) in [5.41, 5.74) is 0. The summed E-state index contributed by atoms with van der Waals surface area (Å²) in [6.07, 6.45) is 3.81. The number of nitrogens with zero attached hydrogens (tertiary/aromatic N) is 2. The second kappa shape index (κ2) is 5.48. The third-order valence-electron chi connectivity index (χ3n) is 4.01. The molecule has 0 saturated carbocycles. The summed E-state index contributed by atoms with van der Waals surface area (Å²) < 4.78 is 0. The highest BCUT2D eigenvalue weighted by molar-refractivity contribution is 4.77. The molecule has 0 radical (unpaired) electrons. The Bertz CT molecular complexity index is 212. The van der Waals surface area contributed by atoms with Crippen molar-refractivity contribution in [1.29, 1.82) is 0 Å². The zero-order chi connectivity index (χ0) is 11.5. The molecule has 0 bridgehead atoms. The van der Waals surface area contributed by atoms with Crippen molar-refractivity contribution in [3.8, 4) is 0 Å². The first-order chi connectivity index (χ1) is 7.69. The summed E-state index contributed by atoms with van der Waals surface area (Å²) in [7, 11) is 0. The Labute approximate surface area is 99.4 Å². The molecule has 2 fully saturated rings. The minimum Gasteiger partial charge on any atom is -0.396 e. The molecule has 2 heterocycles. The Morgan fingerprint density at radius 1 is 1.06 bits per heavy atom. The van der Waals surface area contributed by atoms with E-state index in [1.165, 1.54) is 38.9 Å². The van der Waals surface area contributed by atoms with Crippen LogP contribution in [0.3, 0.4) is 0 Å². The summed E-state index contributed by atoms with van der Waals surface area (Å²) in [4.78, 5) is 0. The summed E-state index contributed by atoms with van der Waals surface area (Å²) >= 11 is 0. The summed E-state index contributed by atoms with van der Waals surface area (Å²) in [6.45, 7) is 9.75. The smallest absolute Gasteiger partial charge is 0.0472 e. The van der Waals surface area contributed by atoms with Crippen LogP contribution in [0.25, 0.3) is 0 Å². The molecule has 0 amide bonds. The molecule has 2 aliphatic heterocycles. The van der Waals surface area contributed by atoms with E-state index in [1.54, 1.807) is 0 Å². The molecule has 2 saturated heterocycles. The zero-order valence-corrected chi connectivity index (χ0v) is 10.7. The first kappa shape index (κ1) is 12.3. The van der Waals surface area contributed by atoms with Crippen LogP contribution in [0.1, 0.15) is 33.1 Å². The molecule has 2 aliphatic rings. The lowest BCUT2D eigenvalue weighted by atomic mass is 9.92. The predicted octanol–water partition coefficient (Wildman–Crippen LogP) is 1.58. The molecule has 16 heavy (non-hydrogen) atoms. The van der Waals surface area contributed by atoms with E-state index in [4.69, 9.17) is 0 Å². The van der Waals surface area contributed by atoms with Gasteiger partial charge in [0.2, 0.25) is 0 Å². The molecule has 3 heteroatoms. The second-order valence-electron chi connectivity index (χ2n) is 5.92. The third-order valence-corrected chi connectivity index (χ3v) is 4.01. The van der Waals surface area contributed by atoms with Gasteiger partial charge in [0.15, 0.2) is 0 Å². The van der Waals surface area contributed by atoms with Crippen molar-refractivity contribution in [3.05, 3.63) is 0 Å². The van der Waals surface area contributed by atoms with Gasteiger partial charge in [-0.3, -0.25) is 0 Å². The minimum absolute atomic E-state index is 0.357. The van der Waals surface area contributed by atoms with Crippen molar-refractivity contribution in [2.24, 2.45) is 17.8 Å². The average molecular weight is 226 g/mol. The van der Waals surface area contributed by atoms with E-state index < -0.39 is 0 Å². The topological polar surface area (TPSA) is 26.7 Å². The number of aliphatic hydroxyl groups is 1. The Morgan fingerprint density at radius 2 is 1.75 bits per heavy atom. The van der Waals surface area contributed by atoms with Crippen LogP contribution in [0, 0.1) is 17.8 Å². The lowest BCUT2D eigenvalue weighted by Crippen LogP contribution is -2.53. The van der Waals surface area contributed by atoms with Crippen LogP contribution in [0.15, 0.2) is 0 Å². The molecule has 0 aromatic rings. The van der Waals surface area contributed by atoms with Gasteiger partial charge in [-0.05, 0) is 37.0 Å². The van der Waals surface area contributed by atoms with Crippen molar-refractivity contribution in [1.82, 2.24) is 10.0 Å². The Kier molecular flexibility index (Phi) is 4.22. The van der Waals surface area contributed by atoms with E-state index in [2.05, 4.69) is 23.9 Å². The maximum atomic E-state index is 9.27. The van der Waals surface area contributed by atoms with Crippen molar-refractivity contribution in [2.45, 2.75) is 33.1 Å². The van der Waals surface area contributed by atoms with E-state index in [0.717, 1.165) is 18.4 Å². The normalized spacial score (nSPS) is 38.8. The van der Waals surface area contributed by atoms with Crippen LogP contribution >= 0.6 is 0 Å². The van der Waals surface area contributed by atoms with Crippen molar-refractivity contribution >= 4 is 0 Å². The Morgan fingerprint density at radius 3 is 2.38 bits per heavy atom. The third kappa shape index (κ3) is 2.96. The zero-order valence-electron chi connectivity index (χ0n) is 10.7. The lowest BCUT2D eigenvalue weighted by molar-refractivity contribution is -0.0940. The first-order valence-electron chi connectivity index (χ1n) is 6.79. The molecule has 1 N–H and O–H groups in total. The van der Waals surface area contributed by atoms with Gasteiger partial charge in [-0.2, -0.15) is 0 Å². The fraction of sp³-hybridized carbons (Fsp3) is 1.00.